The lowest BCUT2D eigenvalue weighted by Crippen LogP contribution is -2.04. The van der Waals surface area contributed by atoms with Crippen LogP contribution in [0.4, 0.5) is 0 Å². The van der Waals surface area contributed by atoms with Crippen molar-refractivity contribution in [2.75, 3.05) is 0 Å². The van der Waals surface area contributed by atoms with E-state index < -0.39 is 0 Å². The van der Waals surface area contributed by atoms with Crippen molar-refractivity contribution in [2.45, 2.75) is 50.9 Å². The Morgan fingerprint density at radius 2 is 1.71 bits per heavy atom. The Kier molecular flexibility index (Phi) is 4.08. The minimum absolute atomic E-state index is 0.182. The number of rotatable bonds is 2. The number of hydrogen-bond acceptors (Lipinski definition) is 5. The van der Waals surface area contributed by atoms with E-state index in [0.717, 1.165) is 18.7 Å². The van der Waals surface area contributed by atoms with Crippen molar-refractivity contribution in [2.24, 2.45) is 0 Å². The Bertz CT molecular complexity index is 601. The maximum absolute atomic E-state index is 9.87. The average molecular weight is 288 g/mol. The number of phenols is 2. The third kappa shape index (κ3) is 3.01. The van der Waals surface area contributed by atoms with Gasteiger partial charge in [0.1, 0.15) is 0 Å². The van der Waals surface area contributed by atoms with Gasteiger partial charge in [-0.3, -0.25) is 0 Å². The largest absolute Gasteiger partial charge is 0.504 e. The fourth-order valence-corrected chi connectivity index (χ4v) is 2.93. The highest BCUT2D eigenvalue weighted by atomic mass is 16.5. The summed E-state index contributed by atoms with van der Waals surface area (Å²) in [6, 6.07) is 4.72. The number of aromatic nitrogens is 2. The first-order chi connectivity index (χ1) is 10.3. The van der Waals surface area contributed by atoms with Crippen LogP contribution >= 0.6 is 0 Å². The molecule has 1 fully saturated rings. The first-order valence-electron chi connectivity index (χ1n) is 7.60. The Morgan fingerprint density at radius 3 is 2.48 bits per heavy atom. The molecule has 1 aromatic heterocycles. The first kappa shape index (κ1) is 13.9. The molecule has 112 valence electrons. The first-order valence-corrected chi connectivity index (χ1v) is 7.60. The van der Waals surface area contributed by atoms with Crippen LogP contribution in [0.1, 0.15) is 56.7 Å². The molecular formula is C16H20N2O3. The summed E-state index contributed by atoms with van der Waals surface area (Å²) in [5.74, 6) is 0.918. The van der Waals surface area contributed by atoms with Gasteiger partial charge in [0.15, 0.2) is 17.3 Å². The molecule has 21 heavy (non-hydrogen) atoms. The van der Waals surface area contributed by atoms with E-state index >= 15 is 0 Å². The summed E-state index contributed by atoms with van der Waals surface area (Å²) >= 11 is 0. The van der Waals surface area contributed by atoms with E-state index in [2.05, 4.69) is 10.1 Å². The number of hydrogen-bond donors (Lipinski definition) is 2. The molecule has 1 aromatic carbocycles. The fourth-order valence-electron chi connectivity index (χ4n) is 2.93. The van der Waals surface area contributed by atoms with Gasteiger partial charge in [-0.2, -0.15) is 4.98 Å². The number of nitrogens with zero attached hydrogens (tertiary/aromatic N) is 2. The Labute approximate surface area is 123 Å². The molecule has 3 rings (SSSR count). The topological polar surface area (TPSA) is 79.4 Å². The van der Waals surface area contributed by atoms with E-state index in [0.29, 0.717) is 11.5 Å². The molecule has 0 spiro atoms. The van der Waals surface area contributed by atoms with Crippen LogP contribution < -0.4 is 0 Å². The molecule has 2 N–H and O–H groups in total. The van der Waals surface area contributed by atoms with Gasteiger partial charge in [-0.1, -0.05) is 43.3 Å². The Balaban J connectivity index is 1.83. The van der Waals surface area contributed by atoms with Crippen LogP contribution in [-0.2, 0) is 0 Å². The van der Waals surface area contributed by atoms with E-state index in [1.165, 1.54) is 38.2 Å². The normalized spacial score (nSPS) is 17.3. The zero-order valence-electron chi connectivity index (χ0n) is 12.0. The van der Waals surface area contributed by atoms with E-state index in [1.54, 1.807) is 12.1 Å². The summed E-state index contributed by atoms with van der Waals surface area (Å²) in [5, 5.41) is 23.5. The standard InChI is InChI=1S/C16H20N2O3/c19-13-10-6-9-12(14(13)20)16-17-15(18-21-16)11-7-4-2-1-3-5-8-11/h6,9-11,19-20H,1-5,7-8H2. The van der Waals surface area contributed by atoms with Gasteiger partial charge in [-0.05, 0) is 25.0 Å². The van der Waals surface area contributed by atoms with E-state index in [4.69, 9.17) is 4.52 Å². The summed E-state index contributed by atoms with van der Waals surface area (Å²) in [6.07, 6.45) is 8.44. The maximum atomic E-state index is 9.87. The van der Waals surface area contributed by atoms with Gasteiger partial charge < -0.3 is 14.7 Å². The van der Waals surface area contributed by atoms with Gasteiger partial charge in [-0.25, -0.2) is 0 Å². The van der Waals surface area contributed by atoms with Gasteiger partial charge >= 0.3 is 0 Å². The average Bonchev–Trinajstić information content (AvgIpc) is 2.91. The van der Waals surface area contributed by atoms with Crippen molar-refractivity contribution in [3.8, 4) is 23.0 Å². The van der Waals surface area contributed by atoms with Crippen LogP contribution in [-0.4, -0.2) is 20.4 Å². The predicted octanol–water partition coefficient (Wildman–Crippen LogP) is 3.98. The van der Waals surface area contributed by atoms with Gasteiger partial charge in [0.2, 0.25) is 0 Å². The lowest BCUT2D eigenvalue weighted by molar-refractivity contribution is 0.386. The second-order valence-corrected chi connectivity index (χ2v) is 5.67. The van der Waals surface area contributed by atoms with Crippen LogP contribution in [0.25, 0.3) is 11.5 Å². The number of aromatic hydroxyl groups is 2. The maximum Gasteiger partial charge on any atom is 0.261 e. The van der Waals surface area contributed by atoms with Crippen LogP contribution in [0, 0.1) is 0 Å². The molecule has 2 aromatic rings. The molecule has 0 unspecified atom stereocenters. The summed E-state index contributed by atoms with van der Waals surface area (Å²) in [6.45, 7) is 0. The summed E-state index contributed by atoms with van der Waals surface area (Å²) < 4.78 is 5.28. The highest BCUT2D eigenvalue weighted by molar-refractivity contribution is 5.66. The SMILES string of the molecule is Oc1cccc(-c2nc(C3CCCCCCC3)no2)c1O. The second kappa shape index (κ2) is 6.16. The van der Waals surface area contributed by atoms with Crippen LogP contribution in [0.15, 0.2) is 22.7 Å². The van der Waals surface area contributed by atoms with E-state index in [1.807, 2.05) is 0 Å². The molecule has 1 aliphatic rings. The van der Waals surface area contributed by atoms with E-state index in [-0.39, 0.29) is 17.4 Å². The lowest BCUT2D eigenvalue weighted by Gasteiger charge is -2.15. The van der Waals surface area contributed by atoms with Gasteiger partial charge in [0.25, 0.3) is 5.89 Å². The summed E-state index contributed by atoms with van der Waals surface area (Å²) in [4.78, 5) is 4.43. The zero-order chi connectivity index (χ0) is 14.7. The molecule has 1 saturated carbocycles. The monoisotopic (exact) mass is 288 g/mol. The van der Waals surface area contributed by atoms with Gasteiger partial charge in [0, 0.05) is 5.92 Å². The van der Waals surface area contributed by atoms with Gasteiger partial charge in [0.05, 0.1) is 5.56 Å². The van der Waals surface area contributed by atoms with Crippen LogP contribution in [0.2, 0.25) is 0 Å². The molecule has 5 nitrogen and oxygen atoms in total. The van der Waals surface area contributed by atoms with Crippen molar-refractivity contribution in [1.29, 1.82) is 0 Å². The van der Waals surface area contributed by atoms with Crippen molar-refractivity contribution >= 4 is 0 Å². The molecule has 0 amide bonds. The quantitative estimate of drug-likeness (QED) is 0.817. The smallest absolute Gasteiger partial charge is 0.261 e. The van der Waals surface area contributed by atoms with Crippen LogP contribution in [0.5, 0.6) is 11.5 Å². The number of phenolic OH excluding ortho intramolecular Hbond substituents is 2. The lowest BCUT2D eigenvalue weighted by atomic mass is 9.91. The number of benzene rings is 1. The fraction of sp³-hybridized carbons (Fsp3) is 0.500. The van der Waals surface area contributed by atoms with Crippen molar-refractivity contribution < 1.29 is 14.7 Å². The second-order valence-electron chi connectivity index (χ2n) is 5.67. The molecule has 0 aliphatic heterocycles. The highest BCUT2D eigenvalue weighted by Crippen LogP contribution is 2.36. The Morgan fingerprint density at radius 1 is 1.00 bits per heavy atom. The molecule has 0 bridgehead atoms. The Hall–Kier alpha value is -2.04. The molecule has 0 saturated heterocycles. The number of para-hydroxylation sites is 1. The van der Waals surface area contributed by atoms with Crippen molar-refractivity contribution in [3.63, 3.8) is 0 Å². The summed E-state index contributed by atoms with van der Waals surface area (Å²) in [7, 11) is 0. The van der Waals surface area contributed by atoms with Crippen molar-refractivity contribution in [3.05, 3.63) is 24.0 Å². The summed E-state index contributed by atoms with van der Waals surface area (Å²) in [5.41, 5.74) is 0.375. The molecule has 1 aliphatic carbocycles. The minimum atomic E-state index is -0.217. The van der Waals surface area contributed by atoms with E-state index in [9.17, 15) is 10.2 Å². The molecule has 0 radical (unpaired) electrons. The van der Waals surface area contributed by atoms with Gasteiger partial charge in [-0.15, -0.1) is 0 Å². The zero-order valence-corrected chi connectivity index (χ0v) is 12.0. The van der Waals surface area contributed by atoms with Crippen LogP contribution in [0.3, 0.4) is 0 Å². The highest BCUT2D eigenvalue weighted by Gasteiger charge is 2.21. The minimum Gasteiger partial charge on any atom is -0.504 e. The third-order valence-corrected chi connectivity index (χ3v) is 4.16. The van der Waals surface area contributed by atoms with Crippen molar-refractivity contribution in [1.82, 2.24) is 10.1 Å². The third-order valence-electron chi connectivity index (χ3n) is 4.16. The molecule has 5 heteroatoms. The molecule has 1 heterocycles. The molecular weight excluding hydrogens is 268 g/mol. The predicted molar refractivity (Wildman–Crippen MR) is 78.1 cm³/mol. The molecule has 0 atom stereocenters.